The van der Waals surface area contributed by atoms with E-state index >= 15 is 0 Å². The van der Waals surface area contributed by atoms with E-state index in [2.05, 4.69) is 25.6 Å². The number of pyridine rings is 1. The second kappa shape index (κ2) is 8.16. The lowest BCUT2D eigenvalue weighted by Crippen LogP contribution is -2.14. The molecule has 0 bridgehead atoms. The highest BCUT2D eigenvalue weighted by Crippen LogP contribution is 2.21. The summed E-state index contributed by atoms with van der Waals surface area (Å²) in [4.78, 5) is 25.1. The number of ether oxygens (including phenoxy) is 1. The minimum atomic E-state index is -0.274. The summed E-state index contributed by atoms with van der Waals surface area (Å²) in [5, 5.41) is 6.90. The summed E-state index contributed by atoms with van der Waals surface area (Å²) in [6.07, 6.45) is 5.56. The Hall–Kier alpha value is -3.06. The van der Waals surface area contributed by atoms with Crippen molar-refractivity contribution >= 4 is 28.4 Å². The lowest BCUT2D eigenvalue weighted by molar-refractivity contribution is 0.102. The van der Waals surface area contributed by atoms with Crippen LogP contribution in [0, 0.1) is 0 Å². The van der Waals surface area contributed by atoms with E-state index in [-0.39, 0.29) is 5.91 Å². The van der Waals surface area contributed by atoms with Crippen LogP contribution in [0.2, 0.25) is 0 Å². The minimum Gasteiger partial charge on any atom is -0.385 e. The molecule has 0 radical (unpaired) electrons. The van der Waals surface area contributed by atoms with Crippen molar-refractivity contribution in [3.05, 3.63) is 54.5 Å². The molecule has 1 aromatic carbocycles. The molecule has 25 heavy (non-hydrogen) atoms. The molecule has 0 saturated carbocycles. The molecule has 0 aliphatic rings. The van der Waals surface area contributed by atoms with E-state index in [0.29, 0.717) is 30.4 Å². The Bertz CT molecular complexity index is 846. The van der Waals surface area contributed by atoms with Gasteiger partial charge in [0, 0.05) is 44.2 Å². The highest BCUT2D eigenvalue weighted by atomic mass is 16.5. The first-order valence-corrected chi connectivity index (χ1v) is 7.98. The van der Waals surface area contributed by atoms with Crippen LogP contribution in [0.3, 0.4) is 0 Å². The van der Waals surface area contributed by atoms with Crippen LogP contribution in [-0.2, 0) is 4.74 Å². The van der Waals surface area contributed by atoms with Crippen molar-refractivity contribution in [1.29, 1.82) is 0 Å². The molecule has 0 unspecified atom stereocenters. The number of carbonyl (C=O) groups excluding carboxylic acids is 1. The number of amides is 1. The number of aromatic nitrogens is 3. The van der Waals surface area contributed by atoms with E-state index in [1.807, 2.05) is 30.3 Å². The predicted octanol–water partition coefficient (Wildman–Crippen LogP) is 2.73. The summed E-state index contributed by atoms with van der Waals surface area (Å²) in [5.74, 6) is 0.212. The molecule has 0 aliphatic carbocycles. The Balaban J connectivity index is 1.66. The van der Waals surface area contributed by atoms with Crippen LogP contribution in [0.1, 0.15) is 16.8 Å². The zero-order valence-electron chi connectivity index (χ0n) is 13.9. The maximum atomic E-state index is 12.4. The third-order valence-electron chi connectivity index (χ3n) is 3.60. The summed E-state index contributed by atoms with van der Waals surface area (Å²) in [7, 11) is 1.66. The number of anilines is 2. The summed E-state index contributed by atoms with van der Waals surface area (Å²) < 4.78 is 4.98. The fourth-order valence-electron chi connectivity index (χ4n) is 2.35. The Labute approximate surface area is 145 Å². The number of fused-ring (bicyclic) bond motifs is 1. The Morgan fingerprint density at radius 2 is 1.92 bits per heavy atom. The van der Waals surface area contributed by atoms with Gasteiger partial charge in [0.05, 0.1) is 16.8 Å². The summed E-state index contributed by atoms with van der Waals surface area (Å²) >= 11 is 0. The van der Waals surface area contributed by atoms with Gasteiger partial charge in [0.25, 0.3) is 5.91 Å². The number of hydrogen-bond donors (Lipinski definition) is 2. The average molecular weight is 337 g/mol. The van der Waals surface area contributed by atoms with Crippen molar-refractivity contribution in [3.8, 4) is 0 Å². The van der Waals surface area contributed by atoms with Crippen molar-refractivity contribution < 1.29 is 9.53 Å². The molecule has 7 heteroatoms. The number of benzene rings is 1. The molecule has 1 amide bonds. The predicted molar refractivity (Wildman–Crippen MR) is 96.7 cm³/mol. The number of carbonyl (C=O) groups is 1. The number of rotatable bonds is 7. The van der Waals surface area contributed by atoms with Crippen LogP contribution in [0.25, 0.3) is 10.9 Å². The summed E-state index contributed by atoms with van der Waals surface area (Å²) in [6, 6.07) is 9.46. The Morgan fingerprint density at radius 1 is 1.12 bits per heavy atom. The van der Waals surface area contributed by atoms with Gasteiger partial charge in [-0.15, -0.1) is 0 Å². The van der Waals surface area contributed by atoms with Crippen LogP contribution >= 0.6 is 0 Å². The van der Waals surface area contributed by atoms with Gasteiger partial charge in [-0.25, -0.2) is 9.97 Å². The molecule has 0 aliphatic heterocycles. The molecule has 3 rings (SSSR count). The number of hydrogen-bond acceptors (Lipinski definition) is 6. The zero-order chi connectivity index (χ0) is 17.5. The molecule has 0 fully saturated rings. The SMILES string of the molecule is COCCCNc1ncc(C(=O)Nc2cccc3cccnc23)cn1. The lowest BCUT2D eigenvalue weighted by Gasteiger charge is -2.08. The number of nitrogens with zero attached hydrogens (tertiary/aromatic N) is 3. The summed E-state index contributed by atoms with van der Waals surface area (Å²) in [5.41, 5.74) is 1.79. The second-order valence-electron chi connectivity index (χ2n) is 5.40. The molecule has 3 aromatic rings. The minimum absolute atomic E-state index is 0.274. The second-order valence-corrected chi connectivity index (χ2v) is 5.40. The highest BCUT2D eigenvalue weighted by molar-refractivity contribution is 6.08. The van der Waals surface area contributed by atoms with Crippen LogP contribution in [0.5, 0.6) is 0 Å². The van der Waals surface area contributed by atoms with Gasteiger partial charge in [-0.3, -0.25) is 9.78 Å². The van der Waals surface area contributed by atoms with Gasteiger partial charge in [0.1, 0.15) is 0 Å². The normalized spacial score (nSPS) is 10.6. The quantitative estimate of drug-likeness (QED) is 0.645. The topological polar surface area (TPSA) is 89.0 Å². The highest BCUT2D eigenvalue weighted by Gasteiger charge is 2.10. The molecular weight excluding hydrogens is 318 g/mol. The van der Waals surface area contributed by atoms with Crippen LogP contribution in [0.15, 0.2) is 48.9 Å². The van der Waals surface area contributed by atoms with Gasteiger partial charge >= 0.3 is 0 Å². The lowest BCUT2D eigenvalue weighted by atomic mass is 10.2. The van der Waals surface area contributed by atoms with E-state index in [0.717, 1.165) is 17.3 Å². The van der Waals surface area contributed by atoms with Gasteiger partial charge in [0.15, 0.2) is 0 Å². The third kappa shape index (κ3) is 4.27. The van der Waals surface area contributed by atoms with Gasteiger partial charge in [0.2, 0.25) is 5.95 Å². The van der Waals surface area contributed by atoms with E-state index < -0.39 is 0 Å². The monoisotopic (exact) mass is 337 g/mol. The third-order valence-corrected chi connectivity index (χ3v) is 3.60. The van der Waals surface area contributed by atoms with E-state index in [1.165, 1.54) is 12.4 Å². The molecule has 0 spiro atoms. The van der Waals surface area contributed by atoms with E-state index in [4.69, 9.17) is 4.74 Å². The zero-order valence-corrected chi connectivity index (χ0v) is 13.9. The Morgan fingerprint density at radius 3 is 2.72 bits per heavy atom. The summed E-state index contributed by atoms with van der Waals surface area (Å²) in [6.45, 7) is 1.38. The molecule has 2 N–H and O–H groups in total. The maximum absolute atomic E-state index is 12.4. The van der Waals surface area contributed by atoms with Gasteiger partial charge in [-0.2, -0.15) is 0 Å². The first-order valence-electron chi connectivity index (χ1n) is 7.98. The standard InChI is InChI=1S/C18H19N5O2/c1-25-10-4-9-20-18-21-11-14(12-22-18)17(24)23-15-7-2-5-13-6-3-8-19-16(13)15/h2-3,5-8,11-12H,4,9-10H2,1H3,(H,23,24)(H,20,21,22). The van der Waals surface area contributed by atoms with Gasteiger partial charge in [-0.1, -0.05) is 18.2 Å². The van der Waals surface area contributed by atoms with Crippen molar-refractivity contribution in [3.63, 3.8) is 0 Å². The van der Waals surface area contributed by atoms with Crippen LogP contribution in [0.4, 0.5) is 11.6 Å². The fourth-order valence-corrected chi connectivity index (χ4v) is 2.35. The molecule has 0 saturated heterocycles. The molecule has 7 nitrogen and oxygen atoms in total. The molecule has 0 atom stereocenters. The van der Waals surface area contributed by atoms with Crippen molar-refractivity contribution in [2.45, 2.75) is 6.42 Å². The van der Waals surface area contributed by atoms with E-state index in [9.17, 15) is 4.79 Å². The van der Waals surface area contributed by atoms with Gasteiger partial charge in [-0.05, 0) is 18.6 Å². The first-order chi connectivity index (χ1) is 12.3. The van der Waals surface area contributed by atoms with Crippen molar-refractivity contribution in [2.75, 3.05) is 30.9 Å². The maximum Gasteiger partial charge on any atom is 0.258 e. The van der Waals surface area contributed by atoms with E-state index in [1.54, 1.807) is 13.3 Å². The number of nitrogens with one attached hydrogen (secondary N) is 2. The van der Waals surface area contributed by atoms with Crippen molar-refractivity contribution in [1.82, 2.24) is 15.0 Å². The molecule has 128 valence electrons. The number of para-hydroxylation sites is 1. The van der Waals surface area contributed by atoms with Crippen LogP contribution < -0.4 is 10.6 Å². The first kappa shape index (κ1) is 16.8. The van der Waals surface area contributed by atoms with Gasteiger partial charge < -0.3 is 15.4 Å². The smallest absolute Gasteiger partial charge is 0.258 e. The molecule has 2 aromatic heterocycles. The Kier molecular flexibility index (Phi) is 5.48. The van der Waals surface area contributed by atoms with Crippen LogP contribution in [-0.4, -0.2) is 41.1 Å². The fraction of sp³-hybridized carbons (Fsp3) is 0.222. The number of methoxy groups -OCH3 is 1. The average Bonchev–Trinajstić information content (AvgIpc) is 2.66. The largest absolute Gasteiger partial charge is 0.385 e. The molecule has 2 heterocycles. The molecular formula is C18H19N5O2. The van der Waals surface area contributed by atoms with Crippen molar-refractivity contribution in [2.24, 2.45) is 0 Å².